The van der Waals surface area contributed by atoms with Crippen molar-refractivity contribution in [3.05, 3.63) is 22.2 Å². The molecule has 1 fully saturated rings. The number of fused-ring (bicyclic) bond motifs is 1. The van der Waals surface area contributed by atoms with E-state index in [1.54, 1.807) is 4.90 Å². The van der Waals surface area contributed by atoms with Gasteiger partial charge in [-0.15, -0.1) is 0 Å². The van der Waals surface area contributed by atoms with Gasteiger partial charge in [0.25, 0.3) is 0 Å². The van der Waals surface area contributed by atoms with Gasteiger partial charge in [-0.2, -0.15) is 0 Å². The van der Waals surface area contributed by atoms with Crippen molar-refractivity contribution in [1.82, 2.24) is 10.2 Å². The first-order chi connectivity index (χ1) is 10.7. The molecule has 2 aliphatic heterocycles. The Morgan fingerprint density at radius 3 is 2.91 bits per heavy atom. The SMILES string of the molecule is COC(=O)N1CCC(NCc2cc(Br)c3c(c2)OCO3)CC1. The lowest BCUT2D eigenvalue weighted by Gasteiger charge is -2.31. The van der Waals surface area contributed by atoms with Gasteiger partial charge in [0, 0.05) is 25.7 Å². The summed E-state index contributed by atoms with van der Waals surface area (Å²) in [4.78, 5) is 13.2. The molecule has 3 rings (SSSR count). The number of amides is 1. The summed E-state index contributed by atoms with van der Waals surface area (Å²) < 4.78 is 16.5. The number of nitrogens with zero attached hydrogens (tertiary/aromatic N) is 1. The van der Waals surface area contributed by atoms with Crippen LogP contribution in [0.2, 0.25) is 0 Å². The molecular weight excluding hydrogens is 352 g/mol. The lowest BCUT2D eigenvalue weighted by Crippen LogP contribution is -2.44. The number of hydrogen-bond acceptors (Lipinski definition) is 5. The van der Waals surface area contributed by atoms with Crippen LogP contribution in [0.25, 0.3) is 0 Å². The van der Waals surface area contributed by atoms with E-state index >= 15 is 0 Å². The average Bonchev–Trinajstić information content (AvgIpc) is 3.02. The van der Waals surface area contributed by atoms with Crippen molar-refractivity contribution in [2.24, 2.45) is 0 Å². The van der Waals surface area contributed by atoms with Crippen molar-refractivity contribution in [3.63, 3.8) is 0 Å². The van der Waals surface area contributed by atoms with Crippen molar-refractivity contribution >= 4 is 22.0 Å². The second-order valence-corrected chi connectivity index (χ2v) is 6.28. The average molecular weight is 371 g/mol. The number of carbonyl (C=O) groups excluding carboxylic acids is 1. The zero-order valence-electron chi connectivity index (χ0n) is 12.4. The molecule has 0 atom stereocenters. The normalized spacial score (nSPS) is 17.6. The molecule has 2 heterocycles. The summed E-state index contributed by atoms with van der Waals surface area (Å²) in [6.07, 6.45) is 1.62. The molecule has 1 saturated heterocycles. The van der Waals surface area contributed by atoms with Gasteiger partial charge in [-0.3, -0.25) is 0 Å². The summed E-state index contributed by atoms with van der Waals surface area (Å²) in [5.41, 5.74) is 1.14. The van der Waals surface area contributed by atoms with Crippen LogP contribution in [0.15, 0.2) is 16.6 Å². The minimum atomic E-state index is -0.238. The van der Waals surface area contributed by atoms with Gasteiger partial charge >= 0.3 is 6.09 Å². The predicted octanol–water partition coefficient (Wildman–Crippen LogP) is 2.50. The van der Waals surface area contributed by atoms with E-state index in [0.717, 1.165) is 54.0 Å². The van der Waals surface area contributed by atoms with Crippen LogP contribution < -0.4 is 14.8 Å². The van der Waals surface area contributed by atoms with Gasteiger partial charge in [0.1, 0.15) is 0 Å². The zero-order valence-corrected chi connectivity index (χ0v) is 14.0. The van der Waals surface area contributed by atoms with Crippen LogP contribution in [0.3, 0.4) is 0 Å². The van der Waals surface area contributed by atoms with E-state index in [1.807, 2.05) is 12.1 Å². The van der Waals surface area contributed by atoms with Crippen LogP contribution in [-0.2, 0) is 11.3 Å². The maximum absolute atomic E-state index is 11.5. The Labute approximate surface area is 137 Å². The van der Waals surface area contributed by atoms with E-state index in [4.69, 9.17) is 14.2 Å². The number of piperidine rings is 1. The number of rotatable bonds is 3. The number of nitrogens with one attached hydrogen (secondary N) is 1. The highest BCUT2D eigenvalue weighted by Gasteiger charge is 2.23. The first kappa shape index (κ1) is 15.4. The molecule has 1 aromatic carbocycles. The molecule has 1 aromatic rings. The van der Waals surface area contributed by atoms with E-state index in [9.17, 15) is 4.79 Å². The Bertz CT molecular complexity index is 559. The smallest absolute Gasteiger partial charge is 0.409 e. The monoisotopic (exact) mass is 370 g/mol. The Kier molecular flexibility index (Phi) is 4.73. The fraction of sp³-hybridized carbons (Fsp3) is 0.533. The quantitative estimate of drug-likeness (QED) is 0.885. The zero-order chi connectivity index (χ0) is 15.5. The van der Waals surface area contributed by atoms with Gasteiger partial charge in [0.15, 0.2) is 11.5 Å². The summed E-state index contributed by atoms with van der Waals surface area (Å²) in [6, 6.07) is 4.46. The van der Waals surface area contributed by atoms with Crippen LogP contribution >= 0.6 is 15.9 Å². The minimum absolute atomic E-state index is 0.238. The van der Waals surface area contributed by atoms with Crippen molar-refractivity contribution in [3.8, 4) is 11.5 Å². The first-order valence-electron chi connectivity index (χ1n) is 7.31. The predicted molar refractivity (Wildman–Crippen MR) is 84.1 cm³/mol. The van der Waals surface area contributed by atoms with Crippen molar-refractivity contribution in [1.29, 1.82) is 0 Å². The van der Waals surface area contributed by atoms with Gasteiger partial charge in [-0.1, -0.05) is 0 Å². The molecule has 0 spiro atoms. The number of halogens is 1. The summed E-state index contributed by atoms with van der Waals surface area (Å²) in [5, 5.41) is 3.54. The van der Waals surface area contributed by atoms with E-state index in [1.165, 1.54) is 7.11 Å². The summed E-state index contributed by atoms with van der Waals surface area (Å²) in [5.74, 6) is 1.56. The molecule has 1 amide bonds. The van der Waals surface area contributed by atoms with Gasteiger partial charge in [0.2, 0.25) is 6.79 Å². The lowest BCUT2D eigenvalue weighted by atomic mass is 10.0. The van der Waals surface area contributed by atoms with Gasteiger partial charge in [0.05, 0.1) is 11.6 Å². The van der Waals surface area contributed by atoms with Gasteiger partial charge in [-0.05, 0) is 46.5 Å². The van der Waals surface area contributed by atoms with E-state index in [0.29, 0.717) is 6.04 Å². The van der Waals surface area contributed by atoms with Crippen LogP contribution in [0.5, 0.6) is 11.5 Å². The number of carbonyl (C=O) groups is 1. The van der Waals surface area contributed by atoms with Crippen LogP contribution in [0.4, 0.5) is 4.79 Å². The molecule has 1 N–H and O–H groups in total. The Morgan fingerprint density at radius 1 is 1.41 bits per heavy atom. The molecule has 0 bridgehead atoms. The largest absolute Gasteiger partial charge is 0.454 e. The van der Waals surface area contributed by atoms with Crippen LogP contribution in [0.1, 0.15) is 18.4 Å². The highest BCUT2D eigenvalue weighted by molar-refractivity contribution is 9.10. The third kappa shape index (κ3) is 3.30. The van der Waals surface area contributed by atoms with E-state index in [-0.39, 0.29) is 12.9 Å². The molecule has 6 nitrogen and oxygen atoms in total. The Hall–Kier alpha value is -1.47. The maximum atomic E-state index is 11.5. The number of methoxy groups -OCH3 is 1. The second-order valence-electron chi connectivity index (χ2n) is 5.42. The van der Waals surface area contributed by atoms with Crippen molar-refractivity contribution < 1.29 is 19.0 Å². The van der Waals surface area contributed by atoms with Crippen molar-refractivity contribution in [2.45, 2.75) is 25.4 Å². The summed E-state index contributed by atoms with van der Waals surface area (Å²) >= 11 is 3.51. The molecule has 7 heteroatoms. The Morgan fingerprint density at radius 2 is 2.18 bits per heavy atom. The molecule has 22 heavy (non-hydrogen) atoms. The second kappa shape index (κ2) is 6.75. The molecular formula is C15H19BrN2O4. The van der Waals surface area contributed by atoms with Crippen molar-refractivity contribution in [2.75, 3.05) is 27.0 Å². The summed E-state index contributed by atoms with van der Waals surface area (Å²) in [7, 11) is 1.42. The molecule has 0 unspecified atom stereocenters. The molecule has 0 saturated carbocycles. The van der Waals surface area contributed by atoms with Gasteiger partial charge < -0.3 is 24.4 Å². The molecule has 0 aromatic heterocycles. The number of benzene rings is 1. The third-order valence-corrected chi connectivity index (χ3v) is 4.60. The number of likely N-dealkylation sites (tertiary alicyclic amines) is 1. The highest BCUT2D eigenvalue weighted by Crippen LogP contribution is 2.39. The molecule has 2 aliphatic rings. The molecule has 0 aliphatic carbocycles. The summed E-state index contributed by atoms with van der Waals surface area (Å²) in [6.45, 7) is 2.50. The minimum Gasteiger partial charge on any atom is -0.454 e. The lowest BCUT2D eigenvalue weighted by molar-refractivity contribution is 0.109. The highest BCUT2D eigenvalue weighted by atomic mass is 79.9. The fourth-order valence-electron chi connectivity index (χ4n) is 2.78. The topological polar surface area (TPSA) is 60.0 Å². The molecule has 120 valence electrons. The first-order valence-corrected chi connectivity index (χ1v) is 8.11. The third-order valence-electron chi connectivity index (χ3n) is 4.01. The molecule has 0 radical (unpaired) electrons. The fourth-order valence-corrected chi connectivity index (χ4v) is 3.38. The van der Waals surface area contributed by atoms with Crippen LogP contribution in [0, 0.1) is 0 Å². The maximum Gasteiger partial charge on any atom is 0.409 e. The van der Waals surface area contributed by atoms with E-state index in [2.05, 4.69) is 21.2 Å². The Balaban J connectivity index is 1.52. The van der Waals surface area contributed by atoms with Gasteiger partial charge in [-0.25, -0.2) is 4.79 Å². The van der Waals surface area contributed by atoms with Crippen LogP contribution in [-0.4, -0.2) is 44.0 Å². The van der Waals surface area contributed by atoms with E-state index < -0.39 is 0 Å². The number of hydrogen-bond donors (Lipinski definition) is 1. The number of ether oxygens (including phenoxy) is 3. The standard InChI is InChI=1S/C15H19BrN2O4/c1-20-15(19)18-4-2-11(3-5-18)17-8-10-6-12(16)14-13(7-10)21-9-22-14/h6-7,11,17H,2-5,8-9H2,1H3.